The maximum absolute atomic E-state index is 11.9. The quantitative estimate of drug-likeness (QED) is 0.846. The van der Waals surface area contributed by atoms with Gasteiger partial charge in [-0.3, -0.25) is 9.78 Å². The van der Waals surface area contributed by atoms with Crippen LogP contribution in [-0.4, -0.2) is 36.8 Å². The minimum absolute atomic E-state index is 0.0939. The van der Waals surface area contributed by atoms with Crippen molar-refractivity contribution in [1.82, 2.24) is 10.3 Å². The highest BCUT2D eigenvalue weighted by Gasteiger charge is 2.13. The number of nitrogens with zero attached hydrogens (tertiary/aromatic N) is 1. The second kappa shape index (κ2) is 7.42. The first-order valence-electron chi connectivity index (χ1n) is 6.74. The Kier molecular flexibility index (Phi) is 5.32. The molecular formula is C16H18N2O4. The third-order valence-corrected chi connectivity index (χ3v) is 3.19. The van der Waals surface area contributed by atoms with Crippen LogP contribution in [0.3, 0.4) is 0 Å². The van der Waals surface area contributed by atoms with E-state index in [9.17, 15) is 9.90 Å². The standard InChI is InChI=1S/C16H18N2O4/c1-21-14-4-3-12(9-15(14)22-2)13(19)10-18-16(20)11-5-7-17-8-6-11/h3-9,13,19H,10H2,1-2H3,(H,18,20). The van der Waals surface area contributed by atoms with Gasteiger partial charge in [-0.1, -0.05) is 6.07 Å². The van der Waals surface area contributed by atoms with Crippen molar-refractivity contribution in [3.8, 4) is 11.5 Å². The third kappa shape index (κ3) is 3.73. The van der Waals surface area contributed by atoms with E-state index in [1.165, 1.54) is 7.11 Å². The average molecular weight is 302 g/mol. The van der Waals surface area contributed by atoms with Crippen molar-refractivity contribution in [2.75, 3.05) is 20.8 Å². The molecule has 0 saturated carbocycles. The highest BCUT2D eigenvalue weighted by atomic mass is 16.5. The average Bonchev–Trinajstić information content (AvgIpc) is 2.59. The van der Waals surface area contributed by atoms with Crippen LogP contribution >= 0.6 is 0 Å². The van der Waals surface area contributed by atoms with E-state index < -0.39 is 6.10 Å². The molecule has 0 aliphatic rings. The molecule has 6 nitrogen and oxygen atoms in total. The number of aliphatic hydroxyl groups excluding tert-OH is 1. The first-order valence-corrected chi connectivity index (χ1v) is 6.74. The van der Waals surface area contributed by atoms with E-state index in [2.05, 4.69) is 10.3 Å². The molecule has 116 valence electrons. The molecule has 0 aliphatic heterocycles. The van der Waals surface area contributed by atoms with E-state index in [1.807, 2.05) is 0 Å². The number of methoxy groups -OCH3 is 2. The first-order chi connectivity index (χ1) is 10.7. The number of carbonyl (C=O) groups is 1. The number of hydrogen-bond acceptors (Lipinski definition) is 5. The van der Waals surface area contributed by atoms with Crippen LogP contribution < -0.4 is 14.8 Å². The Morgan fingerprint density at radius 1 is 1.18 bits per heavy atom. The Morgan fingerprint density at radius 2 is 1.86 bits per heavy atom. The molecule has 1 amide bonds. The molecule has 0 aliphatic carbocycles. The molecule has 1 atom stereocenters. The van der Waals surface area contributed by atoms with Crippen molar-refractivity contribution in [1.29, 1.82) is 0 Å². The van der Waals surface area contributed by atoms with Gasteiger partial charge < -0.3 is 19.9 Å². The van der Waals surface area contributed by atoms with Crippen LogP contribution in [0.2, 0.25) is 0 Å². The Morgan fingerprint density at radius 3 is 2.50 bits per heavy atom. The fourth-order valence-electron chi connectivity index (χ4n) is 1.97. The Bertz CT molecular complexity index is 631. The molecule has 1 heterocycles. The van der Waals surface area contributed by atoms with Crippen LogP contribution in [0.1, 0.15) is 22.0 Å². The lowest BCUT2D eigenvalue weighted by molar-refractivity contribution is 0.0916. The van der Waals surface area contributed by atoms with E-state index in [4.69, 9.17) is 9.47 Å². The summed E-state index contributed by atoms with van der Waals surface area (Å²) in [6.07, 6.45) is 2.24. The molecule has 1 aromatic heterocycles. The Hall–Kier alpha value is -2.60. The molecule has 0 fully saturated rings. The van der Waals surface area contributed by atoms with Gasteiger partial charge in [-0.2, -0.15) is 0 Å². The van der Waals surface area contributed by atoms with Gasteiger partial charge in [-0.25, -0.2) is 0 Å². The van der Waals surface area contributed by atoms with Crippen LogP contribution in [0.4, 0.5) is 0 Å². The van der Waals surface area contributed by atoms with Gasteiger partial charge in [-0.05, 0) is 29.8 Å². The fourth-order valence-corrected chi connectivity index (χ4v) is 1.97. The van der Waals surface area contributed by atoms with Gasteiger partial charge in [-0.15, -0.1) is 0 Å². The van der Waals surface area contributed by atoms with Gasteiger partial charge in [0.25, 0.3) is 5.91 Å². The minimum Gasteiger partial charge on any atom is -0.493 e. The number of ether oxygens (including phenoxy) is 2. The Balaban J connectivity index is 2.00. The topological polar surface area (TPSA) is 80.7 Å². The second-order valence-electron chi connectivity index (χ2n) is 4.58. The summed E-state index contributed by atoms with van der Waals surface area (Å²) in [7, 11) is 3.07. The van der Waals surface area contributed by atoms with Gasteiger partial charge in [0.15, 0.2) is 11.5 Å². The number of hydrogen-bond donors (Lipinski definition) is 2. The zero-order valence-electron chi connectivity index (χ0n) is 12.4. The van der Waals surface area contributed by atoms with Crippen molar-refractivity contribution in [3.63, 3.8) is 0 Å². The summed E-state index contributed by atoms with van der Waals surface area (Å²) in [5, 5.41) is 12.9. The third-order valence-electron chi connectivity index (χ3n) is 3.19. The fraction of sp³-hybridized carbons (Fsp3) is 0.250. The van der Waals surface area contributed by atoms with E-state index in [0.717, 1.165) is 0 Å². The summed E-state index contributed by atoms with van der Waals surface area (Å²) in [6.45, 7) is 0.0939. The van der Waals surface area contributed by atoms with Crippen molar-refractivity contribution in [2.24, 2.45) is 0 Å². The SMILES string of the molecule is COc1ccc(C(O)CNC(=O)c2ccncc2)cc1OC. The van der Waals surface area contributed by atoms with Gasteiger partial charge in [0.1, 0.15) is 0 Å². The van der Waals surface area contributed by atoms with Gasteiger partial charge in [0.2, 0.25) is 0 Å². The lowest BCUT2D eigenvalue weighted by Crippen LogP contribution is -2.28. The zero-order valence-corrected chi connectivity index (χ0v) is 12.4. The van der Waals surface area contributed by atoms with E-state index in [0.29, 0.717) is 22.6 Å². The van der Waals surface area contributed by atoms with Crippen LogP contribution in [0, 0.1) is 0 Å². The van der Waals surface area contributed by atoms with Crippen LogP contribution in [0.5, 0.6) is 11.5 Å². The molecule has 0 saturated heterocycles. The molecule has 6 heteroatoms. The maximum Gasteiger partial charge on any atom is 0.251 e. The molecule has 0 radical (unpaired) electrons. The summed E-state index contributed by atoms with van der Waals surface area (Å²) >= 11 is 0. The number of nitrogens with one attached hydrogen (secondary N) is 1. The highest BCUT2D eigenvalue weighted by molar-refractivity contribution is 5.93. The Labute approximate surface area is 128 Å². The molecule has 1 unspecified atom stereocenters. The summed E-state index contributed by atoms with van der Waals surface area (Å²) in [4.78, 5) is 15.8. The molecule has 1 aromatic carbocycles. The highest BCUT2D eigenvalue weighted by Crippen LogP contribution is 2.29. The van der Waals surface area contributed by atoms with E-state index in [1.54, 1.807) is 49.8 Å². The van der Waals surface area contributed by atoms with E-state index >= 15 is 0 Å². The number of amides is 1. The summed E-state index contributed by atoms with van der Waals surface area (Å²) < 4.78 is 10.3. The first kappa shape index (κ1) is 15.8. The largest absolute Gasteiger partial charge is 0.493 e. The molecular weight excluding hydrogens is 284 g/mol. The smallest absolute Gasteiger partial charge is 0.251 e. The molecule has 22 heavy (non-hydrogen) atoms. The lowest BCUT2D eigenvalue weighted by atomic mass is 10.1. The predicted molar refractivity (Wildman–Crippen MR) is 81.1 cm³/mol. The molecule has 2 rings (SSSR count). The number of benzene rings is 1. The summed E-state index contributed by atoms with van der Waals surface area (Å²) in [5.41, 5.74) is 1.13. The van der Waals surface area contributed by atoms with Crippen molar-refractivity contribution >= 4 is 5.91 Å². The van der Waals surface area contributed by atoms with Gasteiger partial charge >= 0.3 is 0 Å². The van der Waals surface area contributed by atoms with Crippen molar-refractivity contribution in [2.45, 2.75) is 6.10 Å². The van der Waals surface area contributed by atoms with Gasteiger partial charge in [0, 0.05) is 24.5 Å². The molecule has 2 N–H and O–H groups in total. The van der Waals surface area contributed by atoms with Crippen molar-refractivity contribution in [3.05, 3.63) is 53.9 Å². The number of aliphatic hydroxyl groups is 1. The van der Waals surface area contributed by atoms with Crippen LogP contribution in [-0.2, 0) is 0 Å². The van der Waals surface area contributed by atoms with Crippen molar-refractivity contribution < 1.29 is 19.4 Å². The molecule has 2 aromatic rings. The number of rotatable bonds is 6. The number of pyridine rings is 1. The second-order valence-corrected chi connectivity index (χ2v) is 4.58. The van der Waals surface area contributed by atoms with Crippen LogP contribution in [0.15, 0.2) is 42.7 Å². The number of carbonyl (C=O) groups excluding carboxylic acids is 1. The monoisotopic (exact) mass is 302 g/mol. The minimum atomic E-state index is -0.842. The molecule has 0 bridgehead atoms. The summed E-state index contributed by atoms with van der Waals surface area (Å²) in [6, 6.07) is 8.34. The van der Waals surface area contributed by atoms with Gasteiger partial charge in [0.05, 0.1) is 20.3 Å². The molecule has 0 spiro atoms. The van der Waals surface area contributed by atoms with E-state index in [-0.39, 0.29) is 12.5 Å². The lowest BCUT2D eigenvalue weighted by Gasteiger charge is -2.15. The van der Waals surface area contributed by atoms with Crippen LogP contribution in [0.25, 0.3) is 0 Å². The zero-order chi connectivity index (χ0) is 15.9. The predicted octanol–water partition coefficient (Wildman–Crippen LogP) is 1.56. The normalized spacial score (nSPS) is 11.6. The maximum atomic E-state index is 11.9. The number of aromatic nitrogens is 1. The summed E-state index contributed by atoms with van der Waals surface area (Å²) in [5.74, 6) is 0.848.